The summed E-state index contributed by atoms with van der Waals surface area (Å²) in [7, 11) is 5.52. The predicted molar refractivity (Wildman–Crippen MR) is 47.8 cm³/mol. The lowest BCUT2D eigenvalue weighted by Gasteiger charge is -1.95. The summed E-state index contributed by atoms with van der Waals surface area (Å²) < 4.78 is 0. The fourth-order valence-corrected chi connectivity index (χ4v) is 1.10. The third kappa shape index (κ3) is 1.01. The summed E-state index contributed by atoms with van der Waals surface area (Å²) in [4.78, 5) is 11.2. The maximum atomic E-state index is 11.2. The van der Waals surface area contributed by atoms with Crippen molar-refractivity contribution in [3.8, 4) is 0 Å². The molecule has 2 radical (unpaired) electrons. The van der Waals surface area contributed by atoms with E-state index in [-0.39, 0.29) is 5.56 Å². The highest BCUT2D eigenvalue weighted by atomic mass is 16.1. The van der Waals surface area contributed by atoms with Crippen molar-refractivity contribution >= 4 is 24.1 Å². The third-order valence-corrected chi connectivity index (χ3v) is 1.69. The van der Waals surface area contributed by atoms with Gasteiger partial charge < -0.3 is 0 Å². The van der Waals surface area contributed by atoms with Crippen LogP contribution in [0.3, 0.4) is 0 Å². The Balaban J connectivity index is 2.98. The van der Waals surface area contributed by atoms with Crippen LogP contribution < -0.4 is 11.0 Å². The maximum absolute atomic E-state index is 11.2. The number of fused-ring (bicyclic) bond motifs is 1. The van der Waals surface area contributed by atoms with Crippen molar-refractivity contribution < 1.29 is 0 Å². The van der Waals surface area contributed by atoms with Gasteiger partial charge in [-0.25, -0.2) is 5.10 Å². The normalized spacial score (nSPS) is 10.3. The van der Waals surface area contributed by atoms with Gasteiger partial charge in [0.2, 0.25) is 0 Å². The first-order chi connectivity index (χ1) is 5.77. The number of hydrogen-bond acceptors (Lipinski definition) is 2. The molecule has 0 amide bonds. The molecule has 1 N–H and O–H groups in total. The molecule has 0 saturated carbocycles. The molecule has 0 unspecified atom stereocenters. The van der Waals surface area contributed by atoms with E-state index in [0.29, 0.717) is 10.8 Å². The third-order valence-electron chi connectivity index (χ3n) is 1.69. The predicted octanol–water partition coefficient (Wildman–Crippen LogP) is -0.283. The number of aromatic amines is 1. The molecular formula is C8H5BN2O. The number of nitrogens with one attached hydrogen (secondary N) is 1. The Morgan fingerprint density at radius 3 is 3.08 bits per heavy atom. The molecule has 0 aliphatic rings. The minimum absolute atomic E-state index is 0.209. The molecule has 2 rings (SSSR count). The second kappa shape index (κ2) is 2.48. The summed E-state index contributed by atoms with van der Waals surface area (Å²) in [6, 6.07) is 5.15. The number of nitrogens with zero attached hydrogens (tertiary/aromatic N) is 1. The maximum Gasteiger partial charge on any atom is 0.272 e. The molecule has 0 atom stereocenters. The molecule has 2 aromatic rings. The van der Waals surface area contributed by atoms with E-state index in [1.165, 1.54) is 0 Å². The summed E-state index contributed by atoms with van der Waals surface area (Å²) in [6.07, 6.45) is 1.59. The first kappa shape index (κ1) is 7.09. The average Bonchev–Trinajstić information content (AvgIpc) is 2.07. The van der Waals surface area contributed by atoms with Crippen LogP contribution in [0.2, 0.25) is 0 Å². The molecule has 0 fully saturated rings. The second-order valence-corrected chi connectivity index (χ2v) is 2.55. The molecule has 1 heterocycles. The highest BCUT2D eigenvalue weighted by Crippen LogP contribution is 2.02. The smallest absolute Gasteiger partial charge is 0.267 e. The van der Waals surface area contributed by atoms with Crippen LogP contribution in [-0.2, 0) is 0 Å². The molecular weight excluding hydrogens is 151 g/mol. The van der Waals surface area contributed by atoms with E-state index in [1.807, 2.05) is 0 Å². The lowest BCUT2D eigenvalue weighted by atomic mass is 9.94. The molecule has 4 heteroatoms. The minimum atomic E-state index is -0.209. The molecule has 0 bridgehead atoms. The van der Waals surface area contributed by atoms with Gasteiger partial charge in [-0.05, 0) is 0 Å². The van der Waals surface area contributed by atoms with Gasteiger partial charge in [0.15, 0.2) is 0 Å². The van der Waals surface area contributed by atoms with Crippen molar-refractivity contribution in [3.05, 3.63) is 34.7 Å². The standard InChI is InChI=1S/C8H5BN2O/c9-6-2-1-5-4-10-11-8(12)7(5)3-6/h1-4H,(H,11,12). The van der Waals surface area contributed by atoms with Crippen LogP contribution in [0.5, 0.6) is 0 Å². The molecule has 12 heavy (non-hydrogen) atoms. The van der Waals surface area contributed by atoms with E-state index >= 15 is 0 Å². The topological polar surface area (TPSA) is 45.8 Å². The number of H-pyrrole nitrogens is 1. The highest BCUT2D eigenvalue weighted by molar-refractivity contribution is 6.33. The van der Waals surface area contributed by atoms with E-state index in [1.54, 1.807) is 24.4 Å². The van der Waals surface area contributed by atoms with Crippen molar-refractivity contribution in [1.29, 1.82) is 0 Å². The van der Waals surface area contributed by atoms with Crippen LogP contribution >= 0.6 is 0 Å². The van der Waals surface area contributed by atoms with Gasteiger partial charge in [-0.2, -0.15) is 5.10 Å². The van der Waals surface area contributed by atoms with E-state index in [9.17, 15) is 4.79 Å². The lowest BCUT2D eigenvalue weighted by molar-refractivity contribution is 1.01. The SMILES string of the molecule is [B]c1ccc2cn[nH]c(=O)c2c1. The summed E-state index contributed by atoms with van der Waals surface area (Å²) in [5, 5.41) is 7.38. The van der Waals surface area contributed by atoms with E-state index in [0.717, 1.165) is 5.39 Å². The molecule has 1 aromatic carbocycles. The quantitative estimate of drug-likeness (QED) is 0.533. The summed E-state index contributed by atoms with van der Waals surface area (Å²) in [6.45, 7) is 0. The monoisotopic (exact) mass is 156 g/mol. The Labute approximate surface area is 69.8 Å². The van der Waals surface area contributed by atoms with Gasteiger partial charge in [-0.3, -0.25) is 4.79 Å². The van der Waals surface area contributed by atoms with Crippen molar-refractivity contribution in [2.75, 3.05) is 0 Å². The molecule has 0 spiro atoms. The van der Waals surface area contributed by atoms with E-state index < -0.39 is 0 Å². The Bertz CT molecular complexity index is 478. The van der Waals surface area contributed by atoms with Crippen molar-refractivity contribution in [1.82, 2.24) is 10.2 Å². The Hall–Kier alpha value is -1.58. The van der Waals surface area contributed by atoms with Crippen LogP contribution in [0.15, 0.2) is 29.2 Å². The van der Waals surface area contributed by atoms with Crippen LogP contribution in [-0.4, -0.2) is 18.0 Å². The summed E-state index contributed by atoms with van der Waals surface area (Å²) in [5.74, 6) is 0. The zero-order valence-electron chi connectivity index (χ0n) is 6.24. The Morgan fingerprint density at radius 2 is 2.25 bits per heavy atom. The zero-order valence-corrected chi connectivity index (χ0v) is 6.24. The molecule has 1 aromatic heterocycles. The van der Waals surface area contributed by atoms with E-state index in [2.05, 4.69) is 10.2 Å². The fourth-order valence-electron chi connectivity index (χ4n) is 1.10. The van der Waals surface area contributed by atoms with Crippen LogP contribution in [0.1, 0.15) is 0 Å². The van der Waals surface area contributed by atoms with Gasteiger partial charge in [0.1, 0.15) is 7.85 Å². The second-order valence-electron chi connectivity index (χ2n) is 2.55. The van der Waals surface area contributed by atoms with Gasteiger partial charge in [-0.1, -0.05) is 23.7 Å². The lowest BCUT2D eigenvalue weighted by Crippen LogP contribution is -2.11. The van der Waals surface area contributed by atoms with Gasteiger partial charge in [0, 0.05) is 10.8 Å². The molecule has 0 aliphatic heterocycles. The van der Waals surface area contributed by atoms with Gasteiger partial charge in [0.05, 0.1) is 6.20 Å². The minimum Gasteiger partial charge on any atom is -0.267 e. The van der Waals surface area contributed by atoms with Crippen molar-refractivity contribution in [2.24, 2.45) is 0 Å². The number of rotatable bonds is 0. The Morgan fingerprint density at radius 1 is 1.42 bits per heavy atom. The number of benzene rings is 1. The van der Waals surface area contributed by atoms with E-state index in [4.69, 9.17) is 7.85 Å². The number of hydrogen-bond donors (Lipinski definition) is 1. The number of aromatic nitrogens is 2. The van der Waals surface area contributed by atoms with Gasteiger partial charge in [-0.15, -0.1) is 0 Å². The van der Waals surface area contributed by atoms with Gasteiger partial charge >= 0.3 is 0 Å². The molecule has 0 aliphatic carbocycles. The van der Waals surface area contributed by atoms with Crippen LogP contribution in [0.25, 0.3) is 10.8 Å². The largest absolute Gasteiger partial charge is 0.272 e. The van der Waals surface area contributed by atoms with Gasteiger partial charge in [0.25, 0.3) is 5.56 Å². The van der Waals surface area contributed by atoms with Crippen molar-refractivity contribution in [2.45, 2.75) is 0 Å². The van der Waals surface area contributed by atoms with Crippen LogP contribution in [0, 0.1) is 0 Å². The molecule has 56 valence electrons. The summed E-state index contributed by atoms with van der Waals surface area (Å²) in [5.41, 5.74) is 0.374. The molecule has 3 nitrogen and oxygen atoms in total. The summed E-state index contributed by atoms with van der Waals surface area (Å²) >= 11 is 0. The first-order valence-corrected chi connectivity index (χ1v) is 3.50. The van der Waals surface area contributed by atoms with Crippen molar-refractivity contribution in [3.63, 3.8) is 0 Å². The fraction of sp³-hybridized carbons (Fsp3) is 0. The highest BCUT2D eigenvalue weighted by Gasteiger charge is 1.96. The first-order valence-electron chi connectivity index (χ1n) is 3.50. The zero-order chi connectivity index (χ0) is 8.55. The average molecular weight is 156 g/mol. The Kier molecular flexibility index (Phi) is 1.47. The molecule has 0 saturated heterocycles. The van der Waals surface area contributed by atoms with Crippen LogP contribution in [0.4, 0.5) is 0 Å².